The van der Waals surface area contributed by atoms with Gasteiger partial charge in [-0.2, -0.15) is 10.2 Å². The summed E-state index contributed by atoms with van der Waals surface area (Å²) in [4.78, 5) is 3.32. The van der Waals surface area contributed by atoms with Gasteiger partial charge in [-0.3, -0.25) is 0 Å². The van der Waals surface area contributed by atoms with Crippen molar-refractivity contribution in [3.05, 3.63) is 70.7 Å². The summed E-state index contributed by atoms with van der Waals surface area (Å²) in [6.45, 7) is 4.14. The Morgan fingerprint density at radius 2 is 1.71 bits per heavy atom. The molecule has 0 bridgehead atoms. The van der Waals surface area contributed by atoms with E-state index in [9.17, 15) is 0 Å². The maximum atomic E-state index is 4.87. The van der Waals surface area contributed by atoms with Crippen molar-refractivity contribution in [3.63, 3.8) is 0 Å². The third-order valence-electron chi connectivity index (χ3n) is 5.78. The molecule has 6 nitrogen and oxygen atoms in total. The number of fused-ring (bicyclic) bond motifs is 1. The fourth-order valence-corrected chi connectivity index (χ4v) is 5.13. The monoisotopic (exact) mass is 430 g/mol. The highest BCUT2D eigenvalue weighted by Crippen LogP contribution is 2.28. The molecule has 1 aliphatic heterocycles. The summed E-state index contributed by atoms with van der Waals surface area (Å²) in [6.07, 6.45) is 5.57. The Morgan fingerprint density at radius 1 is 0.968 bits per heavy atom. The number of aromatic nitrogens is 3. The van der Waals surface area contributed by atoms with E-state index in [0.29, 0.717) is 0 Å². The largest absolute Gasteiger partial charge is 0.356 e. The van der Waals surface area contributed by atoms with Crippen molar-refractivity contribution < 1.29 is 0 Å². The molecule has 0 amide bonds. The maximum Gasteiger partial charge on any atom is 0.211 e. The summed E-state index contributed by atoms with van der Waals surface area (Å²) in [5.74, 6) is 1.11. The van der Waals surface area contributed by atoms with Crippen LogP contribution in [0.4, 0.5) is 5.82 Å². The van der Waals surface area contributed by atoms with Crippen LogP contribution in [0.25, 0.3) is 15.9 Å². The normalized spacial score (nSPS) is 15.4. The molecule has 0 aliphatic carbocycles. The van der Waals surface area contributed by atoms with Crippen LogP contribution in [-0.2, 0) is 7.05 Å². The van der Waals surface area contributed by atoms with E-state index in [4.69, 9.17) is 5.10 Å². The number of thiazole rings is 1. The average Bonchev–Trinajstić information content (AvgIpc) is 3.32. The molecule has 1 fully saturated rings. The maximum absolute atomic E-state index is 4.87. The molecule has 0 radical (unpaired) electrons. The molecule has 0 unspecified atom stereocenters. The lowest BCUT2D eigenvalue weighted by molar-refractivity contribution is 0.567. The number of piperidine rings is 1. The van der Waals surface area contributed by atoms with Crippen molar-refractivity contribution in [1.29, 1.82) is 0 Å². The van der Waals surface area contributed by atoms with Crippen LogP contribution in [0.1, 0.15) is 30.5 Å². The Morgan fingerprint density at radius 3 is 2.48 bits per heavy atom. The van der Waals surface area contributed by atoms with E-state index in [1.54, 1.807) is 11.3 Å². The molecule has 1 aliphatic rings. The van der Waals surface area contributed by atoms with Crippen molar-refractivity contribution in [2.75, 3.05) is 18.0 Å². The van der Waals surface area contributed by atoms with Gasteiger partial charge < -0.3 is 9.47 Å². The smallest absolute Gasteiger partial charge is 0.211 e. The van der Waals surface area contributed by atoms with Gasteiger partial charge in [-0.05, 0) is 50.5 Å². The third kappa shape index (κ3) is 3.81. The molecule has 4 aromatic rings. The van der Waals surface area contributed by atoms with E-state index < -0.39 is 0 Å². The number of aryl methyl sites for hydroxylation is 2. The lowest BCUT2D eigenvalue weighted by Crippen LogP contribution is -2.32. The van der Waals surface area contributed by atoms with E-state index in [-0.39, 0.29) is 0 Å². The van der Waals surface area contributed by atoms with Gasteiger partial charge in [-0.15, -0.1) is 5.10 Å². The van der Waals surface area contributed by atoms with Crippen LogP contribution in [-0.4, -0.2) is 33.7 Å². The molecule has 0 N–H and O–H groups in total. The Labute approximate surface area is 185 Å². The van der Waals surface area contributed by atoms with Crippen LogP contribution in [0.15, 0.2) is 64.8 Å². The second-order valence-corrected chi connectivity index (χ2v) is 8.88. The first-order valence-corrected chi connectivity index (χ1v) is 11.6. The van der Waals surface area contributed by atoms with Crippen LogP contribution >= 0.6 is 11.3 Å². The summed E-state index contributed by atoms with van der Waals surface area (Å²) >= 11 is 1.65. The minimum Gasteiger partial charge on any atom is -0.356 e. The molecule has 7 heteroatoms. The van der Waals surface area contributed by atoms with Crippen LogP contribution in [0.2, 0.25) is 0 Å². The zero-order valence-electron chi connectivity index (χ0n) is 17.9. The van der Waals surface area contributed by atoms with Gasteiger partial charge in [0, 0.05) is 20.1 Å². The van der Waals surface area contributed by atoms with Gasteiger partial charge in [0.1, 0.15) is 5.82 Å². The molecule has 1 saturated heterocycles. The highest BCUT2D eigenvalue weighted by atomic mass is 32.1. The number of benzene rings is 2. The van der Waals surface area contributed by atoms with E-state index in [0.717, 1.165) is 40.7 Å². The molecule has 0 atom stereocenters. The first-order chi connectivity index (χ1) is 15.2. The van der Waals surface area contributed by atoms with Crippen molar-refractivity contribution in [2.45, 2.75) is 26.2 Å². The quantitative estimate of drug-likeness (QED) is 0.349. The first-order valence-electron chi connectivity index (χ1n) is 10.7. The molecular formula is C24H26N6S. The zero-order valence-corrected chi connectivity index (χ0v) is 18.7. The van der Waals surface area contributed by atoms with Gasteiger partial charge in [0.15, 0.2) is 0 Å². The SMILES string of the molecule is Cc1nn(-c2ccccc2)c(N2CCCCC2)c1/C=N/N=c1\sc2ccccc2n1C. The summed E-state index contributed by atoms with van der Waals surface area (Å²) in [6, 6.07) is 18.7. The van der Waals surface area contributed by atoms with Crippen LogP contribution < -0.4 is 9.70 Å². The summed E-state index contributed by atoms with van der Waals surface area (Å²) < 4.78 is 5.35. The van der Waals surface area contributed by atoms with Crippen molar-refractivity contribution in [3.8, 4) is 5.69 Å². The Kier molecular flexibility index (Phi) is 5.42. The van der Waals surface area contributed by atoms with Gasteiger partial charge in [0.05, 0.1) is 33.4 Å². The first kappa shape index (κ1) is 19.8. The molecule has 2 aromatic carbocycles. The zero-order chi connectivity index (χ0) is 21.2. The van der Waals surface area contributed by atoms with Crippen molar-refractivity contribution in [2.24, 2.45) is 17.3 Å². The second-order valence-electron chi connectivity index (χ2n) is 7.87. The summed E-state index contributed by atoms with van der Waals surface area (Å²) in [7, 11) is 2.03. The van der Waals surface area contributed by atoms with E-state index in [1.807, 2.05) is 32.3 Å². The number of para-hydroxylation sites is 2. The van der Waals surface area contributed by atoms with Crippen molar-refractivity contribution >= 4 is 33.6 Å². The minimum atomic E-state index is 0.880. The number of hydrogen-bond donors (Lipinski definition) is 0. The molecule has 0 saturated carbocycles. The Hall–Kier alpha value is -3.19. The molecular weight excluding hydrogens is 404 g/mol. The van der Waals surface area contributed by atoms with E-state index in [2.05, 4.69) is 66.8 Å². The Balaban J connectivity index is 1.58. The third-order valence-corrected chi connectivity index (χ3v) is 6.89. The van der Waals surface area contributed by atoms with Crippen LogP contribution in [0.5, 0.6) is 0 Å². The highest BCUT2D eigenvalue weighted by molar-refractivity contribution is 7.16. The van der Waals surface area contributed by atoms with Crippen molar-refractivity contribution in [1.82, 2.24) is 14.3 Å². The predicted octanol–water partition coefficient (Wildman–Crippen LogP) is 4.66. The number of hydrogen-bond acceptors (Lipinski definition) is 5. The van der Waals surface area contributed by atoms with Gasteiger partial charge in [0.2, 0.25) is 4.80 Å². The molecule has 3 heterocycles. The fraction of sp³-hybridized carbons (Fsp3) is 0.292. The molecule has 5 rings (SSSR count). The predicted molar refractivity (Wildman–Crippen MR) is 128 cm³/mol. The number of anilines is 1. The average molecular weight is 431 g/mol. The molecule has 31 heavy (non-hydrogen) atoms. The van der Waals surface area contributed by atoms with E-state index >= 15 is 0 Å². The minimum absolute atomic E-state index is 0.880. The molecule has 158 valence electrons. The lowest BCUT2D eigenvalue weighted by atomic mass is 10.1. The highest BCUT2D eigenvalue weighted by Gasteiger charge is 2.22. The summed E-state index contributed by atoms with van der Waals surface area (Å²) in [5, 5.41) is 13.9. The van der Waals surface area contributed by atoms with Gasteiger partial charge in [-0.1, -0.05) is 41.7 Å². The lowest BCUT2D eigenvalue weighted by Gasteiger charge is -2.29. The van der Waals surface area contributed by atoms with Gasteiger partial charge in [-0.25, -0.2) is 4.68 Å². The standard InChI is InChI=1S/C24H26N6S/c1-18-20(17-25-26-24-28(2)21-13-7-8-14-22(21)31-24)23(29-15-9-4-10-16-29)30(27-18)19-11-5-3-6-12-19/h3,5-8,11-14,17H,4,9-10,15-16H2,1-2H3/b25-17+,26-24-. The van der Waals surface area contributed by atoms with Gasteiger partial charge >= 0.3 is 0 Å². The molecule has 2 aromatic heterocycles. The van der Waals surface area contributed by atoms with Crippen LogP contribution in [0, 0.1) is 6.92 Å². The summed E-state index contributed by atoms with van der Waals surface area (Å²) in [5.41, 5.74) is 4.24. The number of nitrogens with zero attached hydrogens (tertiary/aromatic N) is 6. The molecule has 0 spiro atoms. The Bertz CT molecular complexity index is 1290. The second kappa shape index (κ2) is 8.51. The van der Waals surface area contributed by atoms with Gasteiger partial charge in [0.25, 0.3) is 0 Å². The van der Waals surface area contributed by atoms with E-state index in [1.165, 1.54) is 29.5 Å². The fourth-order valence-electron chi connectivity index (χ4n) is 4.15. The van der Waals surface area contributed by atoms with Crippen LogP contribution in [0.3, 0.4) is 0 Å². The topological polar surface area (TPSA) is 50.7 Å². The number of rotatable bonds is 4.